The molecule has 150 valence electrons. The van der Waals surface area contributed by atoms with Gasteiger partial charge in [0.1, 0.15) is 11.6 Å². The number of hydrogen-bond donors (Lipinski definition) is 0. The number of nitrogens with zero attached hydrogens (tertiary/aromatic N) is 1. The van der Waals surface area contributed by atoms with Crippen LogP contribution < -0.4 is 9.64 Å². The van der Waals surface area contributed by atoms with Crippen molar-refractivity contribution in [1.82, 2.24) is 0 Å². The van der Waals surface area contributed by atoms with Crippen LogP contribution in [0.15, 0.2) is 82.6 Å². The molecule has 30 heavy (non-hydrogen) atoms. The van der Waals surface area contributed by atoms with E-state index in [1.807, 2.05) is 0 Å². The third-order valence-electron chi connectivity index (χ3n) is 4.52. The van der Waals surface area contributed by atoms with Crippen molar-refractivity contribution in [2.24, 2.45) is 0 Å². The molecule has 1 aliphatic heterocycles. The van der Waals surface area contributed by atoms with Gasteiger partial charge < -0.3 is 4.74 Å². The molecule has 0 fully saturated rings. The number of anilines is 1. The molecular weight excluding hydrogens is 425 g/mol. The molecule has 0 aromatic heterocycles. The number of benzene rings is 3. The van der Waals surface area contributed by atoms with Gasteiger partial charge in [-0.25, -0.2) is 9.29 Å². The maximum absolute atomic E-state index is 13.8. The molecule has 0 saturated carbocycles. The number of halogens is 2. The summed E-state index contributed by atoms with van der Waals surface area (Å²) in [4.78, 5) is 28.7. The minimum atomic E-state index is -0.536. The highest BCUT2D eigenvalue weighted by Gasteiger charge is 2.41. The summed E-state index contributed by atoms with van der Waals surface area (Å²) in [5.74, 6) is -1.13. The second kappa shape index (κ2) is 8.34. The van der Waals surface area contributed by atoms with Gasteiger partial charge >= 0.3 is 0 Å². The van der Waals surface area contributed by atoms with Crippen LogP contribution in [0.1, 0.15) is 5.56 Å². The Morgan fingerprint density at radius 2 is 1.67 bits per heavy atom. The number of rotatable bonds is 5. The molecule has 0 saturated heterocycles. The standard InChI is InChI=1S/C23H15ClFNO3S/c1-29-19-8-3-2-7-18(19)20-21(30-17-11-9-14(24)10-12-17)23(28)26(22(20)27)16-6-4-5-15(25)13-16/h2-13H,1H3. The van der Waals surface area contributed by atoms with E-state index < -0.39 is 17.6 Å². The van der Waals surface area contributed by atoms with Gasteiger partial charge in [0.15, 0.2) is 0 Å². The highest BCUT2D eigenvalue weighted by atomic mass is 35.5. The van der Waals surface area contributed by atoms with E-state index in [-0.39, 0.29) is 16.2 Å². The van der Waals surface area contributed by atoms with Crippen LogP contribution in [0.4, 0.5) is 10.1 Å². The summed E-state index contributed by atoms with van der Waals surface area (Å²) >= 11 is 7.12. The molecule has 4 nitrogen and oxygen atoms in total. The summed E-state index contributed by atoms with van der Waals surface area (Å²) in [5, 5.41) is 0.563. The molecule has 3 aromatic carbocycles. The number of thioether (sulfide) groups is 1. The monoisotopic (exact) mass is 439 g/mol. The Bertz CT molecular complexity index is 1180. The normalized spacial score (nSPS) is 13.9. The summed E-state index contributed by atoms with van der Waals surface area (Å²) < 4.78 is 19.2. The molecule has 0 N–H and O–H groups in total. The SMILES string of the molecule is COc1ccccc1C1=C(Sc2ccc(Cl)cc2)C(=O)N(c2cccc(F)c2)C1=O. The lowest BCUT2D eigenvalue weighted by molar-refractivity contribution is -0.119. The molecule has 4 rings (SSSR count). The number of amides is 2. The summed E-state index contributed by atoms with van der Waals surface area (Å²) in [5.41, 5.74) is 0.875. The zero-order chi connectivity index (χ0) is 21.3. The molecule has 7 heteroatoms. The molecule has 1 aliphatic rings. The van der Waals surface area contributed by atoms with Crippen molar-refractivity contribution in [3.63, 3.8) is 0 Å². The fourth-order valence-electron chi connectivity index (χ4n) is 3.16. The smallest absolute Gasteiger partial charge is 0.272 e. The number of para-hydroxylation sites is 1. The second-order valence-electron chi connectivity index (χ2n) is 6.39. The van der Waals surface area contributed by atoms with Crippen molar-refractivity contribution < 1.29 is 18.7 Å². The lowest BCUT2D eigenvalue weighted by atomic mass is 10.0. The third kappa shape index (κ3) is 3.72. The van der Waals surface area contributed by atoms with Crippen molar-refractivity contribution >= 4 is 46.4 Å². The van der Waals surface area contributed by atoms with Crippen LogP contribution in [-0.2, 0) is 9.59 Å². The summed E-state index contributed by atoms with van der Waals surface area (Å²) in [6.07, 6.45) is 0. The number of imide groups is 1. The minimum Gasteiger partial charge on any atom is -0.496 e. The Morgan fingerprint density at radius 3 is 2.37 bits per heavy atom. The summed E-state index contributed by atoms with van der Waals surface area (Å²) in [7, 11) is 1.50. The van der Waals surface area contributed by atoms with Crippen LogP contribution in [0.3, 0.4) is 0 Å². The van der Waals surface area contributed by atoms with Crippen molar-refractivity contribution in [3.8, 4) is 5.75 Å². The van der Waals surface area contributed by atoms with E-state index in [4.69, 9.17) is 16.3 Å². The Hall–Kier alpha value is -3.09. The minimum absolute atomic E-state index is 0.170. The molecular formula is C23H15ClFNO3S. The van der Waals surface area contributed by atoms with Crippen LogP contribution in [0.2, 0.25) is 5.02 Å². The van der Waals surface area contributed by atoms with Crippen molar-refractivity contribution in [2.45, 2.75) is 4.90 Å². The molecule has 0 radical (unpaired) electrons. The van der Waals surface area contributed by atoms with Gasteiger partial charge in [-0.15, -0.1) is 0 Å². The number of hydrogen-bond acceptors (Lipinski definition) is 4. The van der Waals surface area contributed by atoms with Crippen molar-refractivity contribution in [1.29, 1.82) is 0 Å². The quantitative estimate of drug-likeness (QED) is 0.488. The van der Waals surface area contributed by atoms with Crippen molar-refractivity contribution in [2.75, 3.05) is 12.0 Å². The predicted molar refractivity (Wildman–Crippen MR) is 116 cm³/mol. The van der Waals surface area contributed by atoms with Gasteiger partial charge in [0.2, 0.25) is 0 Å². The topological polar surface area (TPSA) is 46.6 Å². The first-order valence-electron chi connectivity index (χ1n) is 8.95. The lowest BCUT2D eigenvalue weighted by Gasteiger charge is -2.15. The fraction of sp³-hybridized carbons (Fsp3) is 0.0435. The molecule has 0 spiro atoms. The lowest BCUT2D eigenvalue weighted by Crippen LogP contribution is -2.31. The van der Waals surface area contributed by atoms with Gasteiger partial charge in [-0.3, -0.25) is 9.59 Å². The number of methoxy groups -OCH3 is 1. The Kier molecular flexibility index (Phi) is 5.61. The average Bonchev–Trinajstić information content (AvgIpc) is 2.99. The van der Waals surface area contributed by atoms with Gasteiger partial charge in [-0.1, -0.05) is 47.6 Å². The van der Waals surface area contributed by atoms with Crippen LogP contribution in [0.5, 0.6) is 5.75 Å². The number of ether oxygens (including phenoxy) is 1. The Labute approximate surface area is 181 Å². The van der Waals surface area contributed by atoms with Gasteiger partial charge in [0, 0.05) is 15.5 Å². The maximum atomic E-state index is 13.8. The van der Waals surface area contributed by atoms with Crippen LogP contribution in [0, 0.1) is 5.82 Å². The predicted octanol–water partition coefficient (Wildman–Crippen LogP) is 5.56. The highest BCUT2D eigenvalue weighted by Crippen LogP contribution is 2.43. The average molecular weight is 440 g/mol. The van der Waals surface area contributed by atoms with E-state index in [2.05, 4.69) is 0 Å². The Morgan fingerprint density at radius 1 is 0.933 bits per heavy atom. The zero-order valence-corrected chi connectivity index (χ0v) is 17.3. The number of carbonyl (C=O) groups is 2. The van der Waals surface area contributed by atoms with E-state index in [0.29, 0.717) is 16.3 Å². The first-order valence-corrected chi connectivity index (χ1v) is 10.1. The molecule has 2 amide bonds. The van der Waals surface area contributed by atoms with E-state index >= 15 is 0 Å². The van der Waals surface area contributed by atoms with E-state index in [0.717, 1.165) is 27.6 Å². The van der Waals surface area contributed by atoms with Crippen LogP contribution >= 0.6 is 23.4 Å². The summed E-state index contributed by atoms with van der Waals surface area (Å²) in [6.45, 7) is 0. The first kappa shape index (κ1) is 20.2. The zero-order valence-electron chi connectivity index (χ0n) is 15.8. The van der Waals surface area contributed by atoms with Crippen molar-refractivity contribution in [3.05, 3.63) is 94.1 Å². The summed E-state index contributed by atoms with van der Waals surface area (Å²) in [6, 6.07) is 19.3. The molecule has 1 heterocycles. The van der Waals surface area contributed by atoms with Crippen LogP contribution in [-0.4, -0.2) is 18.9 Å². The molecule has 0 bridgehead atoms. The van der Waals surface area contributed by atoms with Gasteiger partial charge in [-0.05, 0) is 48.5 Å². The van der Waals surface area contributed by atoms with Gasteiger partial charge in [0.05, 0.1) is 23.3 Å². The second-order valence-corrected chi connectivity index (χ2v) is 7.91. The molecule has 0 atom stereocenters. The fourth-order valence-corrected chi connectivity index (χ4v) is 4.28. The highest BCUT2D eigenvalue weighted by molar-refractivity contribution is 8.04. The van der Waals surface area contributed by atoms with E-state index in [1.165, 1.54) is 25.3 Å². The maximum Gasteiger partial charge on any atom is 0.272 e. The van der Waals surface area contributed by atoms with Crippen LogP contribution in [0.25, 0.3) is 5.57 Å². The van der Waals surface area contributed by atoms with E-state index in [1.54, 1.807) is 48.5 Å². The molecule has 0 unspecified atom stereocenters. The van der Waals surface area contributed by atoms with Gasteiger partial charge in [0.25, 0.3) is 11.8 Å². The molecule has 3 aromatic rings. The molecule has 0 aliphatic carbocycles. The van der Waals surface area contributed by atoms with Gasteiger partial charge in [-0.2, -0.15) is 0 Å². The van der Waals surface area contributed by atoms with E-state index in [9.17, 15) is 14.0 Å². The first-order chi connectivity index (χ1) is 14.5. The largest absolute Gasteiger partial charge is 0.496 e. The Balaban J connectivity index is 1.86. The third-order valence-corrected chi connectivity index (χ3v) is 5.86. The number of carbonyl (C=O) groups excluding carboxylic acids is 2.